The molecule has 1 aliphatic carbocycles. The van der Waals surface area contributed by atoms with Gasteiger partial charge in [-0.1, -0.05) is 25.3 Å². The van der Waals surface area contributed by atoms with Crippen molar-refractivity contribution in [2.75, 3.05) is 0 Å². The number of aliphatic hydroxyl groups excluding tert-OH is 1. The Morgan fingerprint density at radius 3 is 2.45 bits per heavy atom. The van der Waals surface area contributed by atoms with Crippen LogP contribution in [0.25, 0.3) is 0 Å². The second-order valence-electron chi connectivity index (χ2n) is 6.99. The first-order chi connectivity index (χ1) is 9.35. The first-order valence-corrected chi connectivity index (χ1v) is 7.67. The molecule has 1 amide bonds. The van der Waals surface area contributed by atoms with Gasteiger partial charge < -0.3 is 9.84 Å². The number of carbonyl (C=O) groups excluding carboxylic acids is 1. The van der Waals surface area contributed by atoms with Gasteiger partial charge in [0.25, 0.3) is 0 Å². The first-order valence-electron chi connectivity index (χ1n) is 7.67. The van der Waals surface area contributed by atoms with Gasteiger partial charge in [0.05, 0.1) is 18.2 Å². The van der Waals surface area contributed by atoms with E-state index in [9.17, 15) is 9.90 Å². The molecule has 4 heteroatoms. The minimum atomic E-state index is -0.658. The molecule has 0 unspecified atom stereocenters. The monoisotopic (exact) mass is 281 g/mol. The van der Waals surface area contributed by atoms with E-state index in [0.717, 1.165) is 12.8 Å². The minimum Gasteiger partial charge on any atom is -0.444 e. The van der Waals surface area contributed by atoms with Crippen molar-refractivity contribution in [3.8, 4) is 0 Å². The number of hydrogen-bond donors (Lipinski definition) is 1. The van der Waals surface area contributed by atoms with E-state index < -0.39 is 11.7 Å². The van der Waals surface area contributed by atoms with Crippen LogP contribution in [0.15, 0.2) is 12.7 Å². The average Bonchev–Trinajstić information content (AvgIpc) is 3.12. The highest BCUT2D eigenvalue weighted by molar-refractivity contribution is 5.73. The second-order valence-corrected chi connectivity index (χ2v) is 6.99. The topological polar surface area (TPSA) is 49.5 Å². The van der Waals surface area contributed by atoms with Gasteiger partial charge in [-0.2, -0.15) is 0 Å². The highest BCUT2D eigenvalue weighted by Crippen LogP contribution is 2.44. The third-order valence-corrected chi connectivity index (χ3v) is 4.23. The number of amides is 1. The molecule has 0 radical (unpaired) electrons. The standard InChI is InChI=1S/C16H27NO3/c1-5-12(18)14-13(11-9-7-6-8-10-11)17(14)15(19)20-16(2,3)4/h5,11-14,18H,1,6-10H2,2-4H3/t12-,13+,14+,17?/m0/s1. The van der Waals surface area contributed by atoms with Crippen molar-refractivity contribution in [3.63, 3.8) is 0 Å². The molecule has 2 rings (SSSR count). The van der Waals surface area contributed by atoms with E-state index in [2.05, 4.69) is 6.58 Å². The SMILES string of the molecule is C=C[C@H](O)[C@@H]1[C@@H](C2CCCCC2)N1C(=O)OC(C)(C)C. The Hall–Kier alpha value is -1.03. The molecule has 1 saturated heterocycles. The van der Waals surface area contributed by atoms with Crippen LogP contribution in [-0.2, 0) is 4.74 Å². The van der Waals surface area contributed by atoms with Gasteiger partial charge in [0.2, 0.25) is 0 Å². The van der Waals surface area contributed by atoms with Crippen molar-refractivity contribution in [3.05, 3.63) is 12.7 Å². The van der Waals surface area contributed by atoms with Gasteiger partial charge in [-0.3, -0.25) is 4.90 Å². The molecule has 1 aliphatic heterocycles. The van der Waals surface area contributed by atoms with Crippen LogP contribution >= 0.6 is 0 Å². The van der Waals surface area contributed by atoms with E-state index in [0.29, 0.717) is 5.92 Å². The Balaban J connectivity index is 2.05. The highest BCUT2D eigenvalue weighted by Gasteiger charge is 2.58. The lowest BCUT2D eigenvalue weighted by Crippen LogP contribution is -2.30. The summed E-state index contributed by atoms with van der Waals surface area (Å²) in [6.45, 7) is 9.23. The van der Waals surface area contributed by atoms with Gasteiger partial charge in [0.15, 0.2) is 0 Å². The molecule has 4 nitrogen and oxygen atoms in total. The summed E-state index contributed by atoms with van der Waals surface area (Å²) in [6, 6.07) is -0.0244. The second kappa shape index (κ2) is 5.76. The normalized spacial score (nSPS) is 28.9. The molecule has 1 saturated carbocycles. The van der Waals surface area contributed by atoms with Crippen molar-refractivity contribution in [1.29, 1.82) is 0 Å². The zero-order chi connectivity index (χ0) is 14.9. The lowest BCUT2D eigenvalue weighted by atomic mass is 9.85. The smallest absolute Gasteiger partial charge is 0.411 e. The molecular weight excluding hydrogens is 254 g/mol. The summed E-state index contributed by atoms with van der Waals surface area (Å²) in [4.78, 5) is 14.0. The summed E-state index contributed by atoms with van der Waals surface area (Å²) in [6.07, 6.45) is 6.57. The van der Waals surface area contributed by atoms with Crippen LogP contribution in [-0.4, -0.2) is 39.9 Å². The molecular formula is C16H27NO3. The largest absolute Gasteiger partial charge is 0.444 e. The van der Waals surface area contributed by atoms with E-state index >= 15 is 0 Å². The lowest BCUT2D eigenvalue weighted by molar-refractivity contribution is 0.0359. The summed E-state index contributed by atoms with van der Waals surface area (Å²) in [5, 5.41) is 10.0. The molecule has 2 fully saturated rings. The molecule has 20 heavy (non-hydrogen) atoms. The number of carbonyl (C=O) groups is 1. The van der Waals surface area contributed by atoms with Gasteiger partial charge in [0, 0.05) is 0 Å². The van der Waals surface area contributed by atoms with Crippen LogP contribution < -0.4 is 0 Å². The van der Waals surface area contributed by atoms with E-state index in [1.165, 1.54) is 25.3 Å². The molecule has 114 valence electrons. The van der Waals surface area contributed by atoms with Gasteiger partial charge >= 0.3 is 6.09 Å². The molecule has 0 aromatic heterocycles. The maximum absolute atomic E-state index is 12.3. The summed E-state index contributed by atoms with van der Waals surface area (Å²) in [5.74, 6) is 0.496. The predicted molar refractivity (Wildman–Crippen MR) is 78.4 cm³/mol. The minimum absolute atomic E-state index is 0.123. The Bertz CT molecular complexity index is 368. The summed E-state index contributed by atoms with van der Waals surface area (Å²) in [7, 11) is 0. The van der Waals surface area contributed by atoms with Crippen molar-refractivity contribution in [2.24, 2.45) is 5.92 Å². The van der Waals surface area contributed by atoms with Gasteiger partial charge in [-0.05, 0) is 39.5 Å². The highest BCUT2D eigenvalue weighted by atomic mass is 16.6. The van der Waals surface area contributed by atoms with Gasteiger partial charge in [0.1, 0.15) is 5.60 Å². The Labute approximate surface area is 121 Å². The van der Waals surface area contributed by atoms with Crippen LogP contribution in [0.4, 0.5) is 4.79 Å². The van der Waals surface area contributed by atoms with E-state index in [4.69, 9.17) is 4.74 Å². The molecule has 1 heterocycles. The zero-order valence-electron chi connectivity index (χ0n) is 12.8. The third-order valence-electron chi connectivity index (χ3n) is 4.23. The summed E-state index contributed by atoms with van der Waals surface area (Å²) >= 11 is 0. The number of hydrogen-bond acceptors (Lipinski definition) is 3. The van der Waals surface area contributed by atoms with Crippen molar-refractivity contribution < 1.29 is 14.6 Å². The quantitative estimate of drug-likeness (QED) is 0.639. The number of aliphatic hydroxyl groups is 1. The van der Waals surface area contributed by atoms with Crippen molar-refractivity contribution in [1.82, 2.24) is 4.90 Å². The number of rotatable bonds is 3. The molecule has 1 N–H and O–H groups in total. The molecule has 0 aromatic rings. The molecule has 2 aliphatic rings. The molecule has 0 spiro atoms. The van der Waals surface area contributed by atoms with E-state index in [-0.39, 0.29) is 18.2 Å². The third kappa shape index (κ3) is 3.35. The molecule has 0 aromatic carbocycles. The number of ether oxygens (including phenoxy) is 1. The summed E-state index contributed by atoms with van der Waals surface area (Å²) in [5.41, 5.74) is -0.500. The maximum Gasteiger partial charge on any atom is 0.411 e. The zero-order valence-corrected chi connectivity index (χ0v) is 12.8. The number of nitrogens with zero attached hydrogens (tertiary/aromatic N) is 1. The first kappa shape index (κ1) is 15.4. The lowest BCUT2D eigenvalue weighted by Gasteiger charge is -2.23. The van der Waals surface area contributed by atoms with Crippen LogP contribution in [0.1, 0.15) is 52.9 Å². The fraction of sp³-hybridized carbons (Fsp3) is 0.812. The summed E-state index contributed by atoms with van der Waals surface area (Å²) < 4.78 is 5.45. The Kier molecular flexibility index (Phi) is 4.43. The maximum atomic E-state index is 12.3. The van der Waals surface area contributed by atoms with Crippen LogP contribution in [0.5, 0.6) is 0 Å². The van der Waals surface area contributed by atoms with E-state index in [1.807, 2.05) is 20.8 Å². The van der Waals surface area contributed by atoms with Crippen molar-refractivity contribution >= 4 is 6.09 Å². The van der Waals surface area contributed by atoms with Crippen LogP contribution in [0, 0.1) is 5.92 Å². The average molecular weight is 281 g/mol. The Morgan fingerprint density at radius 2 is 1.95 bits per heavy atom. The van der Waals surface area contributed by atoms with Gasteiger partial charge in [-0.25, -0.2) is 4.79 Å². The molecule has 3 atom stereocenters. The Morgan fingerprint density at radius 1 is 1.35 bits per heavy atom. The predicted octanol–water partition coefficient (Wildman–Crippen LogP) is 3.10. The van der Waals surface area contributed by atoms with Gasteiger partial charge in [-0.15, -0.1) is 6.58 Å². The van der Waals surface area contributed by atoms with Crippen LogP contribution in [0.3, 0.4) is 0 Å². The fourth-order valence-electron chi connectivity index (χ4n) is 3.31. The molecule has 0 bridgehead atoms. The fourth-order valence-corrected chi connectivity index (χ4v) is 3.31. The van der Waals surface area contributed by atoms with Crippen molar-refractivity contribution in [2.45, 2.75) is 76.7 Å². The van der Waals surface area contributed by atoms with E-state index in [1.54, 1.807) is 4.90 Å². The van der Waals surface area contributed by atoms with Crippen LogP contribution in [0.2, 0.25) is 0 Å².